The van der Waals surface area contributed by atoms with E-state index in [4.69, 9.17) is 4.74 Å². The average Bonchev–Trinajstić information content (AvgIpc) is 2.67. The minimum absolute atomic E-state index is 0.00594. The molecule has 2 aromatic carbocycles. The van der Waals surface area contributed by atoms with Crippen LogP contribution in [0, 0.1) is 5.82 Å². The Bertz CT molecular complexity index is 857. The molecule has 0 radical (unpaired) electrons. The first-order valence-electron chi connectivity index (χ1n) is 8.56. The maximum absolute atomic E-state index is 13.6. The highest BCUT2D eigenvalue weighted by atomic mass is 32.2. The van der Waals surface area contributed by atoms with Crippen molar-refractivity contribution in [2.24, 2.45) is 0 Å². The van der Waals surface area contributed by atoms with E-state index in [0.717, 1.165) is 18.7 Å². The molecule has 7 heteroatoms. The molecule has 2 aromatic rings. The van der Waals surface area contributed by atoms with Crippen molar-refractivity contribution < 1.29 is 17.5 Å². The van der Waals surface area contributed by atoms with Gasteiger partial charge in [0.15, 0.2) is 9.84 Å². The smallest absolute Gasteiger partial charge is 0.179 e. The number of methoxy groups -OCH3 is 1. The van der Waals surface area contributed by atoms with E-state index in [2.05, 4.69) is 10.2 Å². The molecule has 0 aliphatic carbocycles. The molecule has 140 valence electrons. The van der Waals surface area contributed by atoms with Gasteiger partial charge in [-0.3, -0.25) is 4.90 Å². The van der Waals surface area contributed by atoms with E-state index < -0.39 is 9.84 Å². The predicted molar refractivity (Wildman–Crippen MR) is 98.6 cm³/mol. The van der Waals surface area contributed by atoms with Gasteiger partial charge in [-0.2, -0.15) is 0 Å². The number of rotatable bonds is 6. The standard InChI is InChI=1S/C19H23FN2O3S/c1-25-17-6-3-7-18(13-17)26(23,24)11-10-22-9-8-21-14-19(22)15-4-2-5-16(20)12-15/h2-7,12-13,19,21H,8-11,14H2,1H3. The van der Waals surface area contributed by atoms with Crippen molar-refractivity contribution in [1.29, 1.82) is 0 Å². The van der Waals surface area contributed by atoms with Crippen molar-refractivity contribution in [3.8, 4) is 5.75 Å². The van der Waals surface area contributed by atoms with Gasteiger partial charge in [-0.05, 0) is 35.9 Å². The van der Waals surface area contributed by atoms with Crippen molar-refractivity contribution >= 4 is 9.84 Å². The second-order valence-corrected chi connectivity index (χ2v) is 8.42. The van der Waals surface area contributed by atoms with Crippen molar-refractivity contribution in [3.05, 3.63) is 59.9 Å². The Morgan fingerprint density at radius 2 is 2.04 bits per heavy atom. The molecule has 5 nitrogen and oxygen atoms in total. The first kappa shape index (κ1) is 18.8. The first-order valence-corrected chi connectivity index (χ1v) is 10.2. The van der Waals surface area contributed by atoms with Gasteiger partial charge in [0.05, 0.1) is 17.8 Å². The van der Waals surface area contributed by atoms with E-state index in [1.807, 2.05) is 6.07 Å². The number of benzene rings is 2. The molecule has 3 rings (SSSR count). The van der Waals surface area contributed by atoms with Crippen LogP contribution in [0.3, 0.4) is 0 Å². The third-order valence-corrected chi connectivity index (χ3v) is 6.33. The highest BCUT2D eigenvalue weighted by Gasteiger charge is 2.26. The van der Waals surface area contributed by atoms with Gasteiger partial charge < -0.3 is 10.1 Å². The fourth-order valence-corrected chi connectivity index (χ4v) is 4.50. The van der Waals surface area contributed by atoms with Gasteiger partial charge in [0.2, 0.25) is 0 Å². The first-order chi connectivity index (χ1) is 12.5. The summed E-state index contributed by atoms with van der Waals surface area (Å²) in [5.74, 6) is 0.245. The average molecular weight is 378 g/mol. The molecule has 0 spiro atoms. The molecular weight excluding hydrogens is 355 g/mol. The lowest BCUT2D eigenvalue weighted by molar-refractivity contribution is 0.171. The Labute approximate surface area is 153 Å². The maximum Gasteiger partial charge on any atom is 0.179 e. The zero-order valence-electron chi connectivity index (χ0n) is 14.7. The summed E-state index contributed by atoms with van der Waals surface area (Å²) in [6, 6.07) is 13.0. The van der Waals surface area contributed by atoms with Gasteiger partial charge in [-0.15, -0.1) is 0 Å². The van der Waals surface area contributed by atoms with Crippen molar-refractivity contribution in [2.75, 3.05) is 39.0 Å². The lowest BCUT2D eigenvalue weighted by Crippen LogP contribution is -2.47. The minimum atomic E-state index is -3.42. The molecule has 0 saturated carbocycles. The summed E-state index contributed by atoms with van der Waals surface area (Å²) < 4.78 is 44.0. The van der Waals surface area contributed by atoms with Crippen LogP contribution in [0.25, 0.3) is 0 Å². The molecule has 26 heavy (non-hydrogen) atoms. The van der Waals surface area contributed by atoms with Crippen molar-refractivity contribution in [1.82, 2.24) is 10.2 Å². The van der Waals surface area contributed by atoms with E-state index in [-0.39, 0.29) is 22.5 Å². The summed E-state index contributed by atoms with van der Waals surface area (Å²) in [5.41, 5.74) is 0.857. The highest BCUT2D eigenvalue weighted by Crippen LogP contribution is 2.24. The molecule has 1 atom stereocenters. The number of hydrogen-bond acceptors (Lipinski definition) is 5. The number of sulfone groups is 1. The summed E-state index contributed by atoms with van der Waals surface area (Å²) >= 11 is 0. The summed E-state index contributed by atoms with van der Waals surface area (Å²) in [5, 5.41) is 3.30. The molecule has 0 aromatic heterocycles. The number of nitrogens with one attached hydrogen (secondary N) is 1. The number of ether oxygens (including phenoxy) is 1. The van der Waals surface area contributed by atoms with Crippen LogP contribution in [-0.4, -0.2) is 52.4 Å². The van der Waals surface area contributed by atoms with Crippen LogP contribution >= 0.6 is 0 Å². The zero-order valence-corrected chi connectivity index (χ0v) is 15.5. The van der Waals surface area contributed by atoms with Gasteiger partial charge in [0.25, 0.3) is 0 Å². The largest absolute Gasteiger partial charge is 0.497 e. The normalized spacial score (nSPS) is 18.6. The topological polar surface area (TPSA) is 58.6 Å². The molecule has 1 fully saturated rings. The molecule has 0 bridgehead atoms. The molecule has 1 aliphatic rings. The fourth-order valence-electron chi connectivity index (χ4n) is 3.21. The van der Waals surface area contributed by atoms with E-state index in [1.54, 1.807) is 24.3 Å². The number of halogens is 1. The van der Waals surface area contributed by atoms with Crippen LogP contribution < -0.4 is 10.1 Å². The molecule has 1 saturated heterocycles. The number of nitrogens with zero attached hydrogens (tertiary/aromatic N) is 1. The van der Waals surface area contributed by atoms with Crippen LogP contribution in [0.5, 0.6) is 5.75 Å². The van der Waals surface area contributed by atoms with Crippen molar-refractivity contribution in [3.63, 3.8) is 0 Å². The number of hydrogen-bond donors (Lipinski definition) is 1. The van der Waals surface area contributed by atoms with E-state index in [1.165, 1.54) is 25.3 Å². The molecule has 1 N–H and O–H groups in total. The molecule has 1 unspecified atom stereocenters. The monoisotopic (exact) mass is 378 g/mol. The van der Waals surface area contributed by atoms with Gasteiger partial charge in [0, 0.05) is 32.2 Å². The Hall–Kier alpha value is -1.96. The zero-order chi connectivity index (χ0) is 18.6. The van der Waals surface area contributed by atoms with Crippen LogP contribution in [0.15, 0.2) is 53.4 Å². The lowest BCUT2D eigenvalue weighted by Gasteiger charge is -2.36. The fraction of sp³-hybridized carbons (Fsp3) is 0.368. The second kappa shape index (κ2) is 8.16. The Morgan fingerprint density at radius 1 is 1.23 bits per heavy atom. The van der Waals surface area contributed by atoms with E-state index >= 15 is 0 Å². The van der Waals surface area contributed by atoms with E-state index in [9.17, 15) is 12.8 Å². The minimum Gasteiger partial charge on any atom is -0.497 e. The predicted octanol–water partition coefficient (Wildman–Crippen LogP) is 2.25. The van der Waals surface area contributed by atoms with Crippen LogP contribution in [0.1, 0.15) is 11.6 Å². The highest BCUT2D eigenvalue weighted by molar-refractivity contribution is 7.91. The van der Waals surface area contributed by atoms with Crippen LogP contribution in [-0.2, 0) is 9.84 Å². The van der Waals surface area contributed by atoms with Crippen molar-refractivity contribution in [2.45, 2.75) is 10.9 Å². The Morgan fingerprint density at radius 3 is 2.81 bits per heavy atom. The van der Waals surface area contributed by atoms with Crippen LogP contribution in [0.4, 0.5) is 4.39 Å². The quantitative estimate of drug-likeness (QED) is 0.836. The van der Waals surface area contributed by atoms with Gasteiger partial charge in [-0.1, -0.05) is 18.2 Å². The van der Waals surface area contributed by atoms with Gasteiger partial charge in [0.1, 0.15) is 11.6 Å². The third kappa shape index (κ3) is 4.41. The van der Waals surface area contributed by atoms with Gasteiger partial charge in [-0.25, -0.2) is 12.8 Å². The molecule has 0 amide bonds. The van der Waals surface area contributed by atoms with Crippen LogP contribution in [0.2, 0.25) is 0 Å². The lowest BCUT2D eigenvalue weighted by atomic mass is 10.0. The van der Waals surface area contributed by atoms with Gasteiger partial charge >= 0.3 is 0 Å². The molecule has 1 heterocycles. The third-order valence-electron chi connectivity index (χ3n) is 4.64. The summed E-state index contributed by atoms with van der Waals surface area (Å²) in [4.78, 5) is 2.36. The summed E-state index contributed by atoms with van der Waals surface area (Å²) in [7, 11) is -1.91. The molecule has 1 aliphatic heterocycles. The SMILES string of the molecule is COc1cccc(S(=O)(=O)CCN2CCNCC2c2cccc(F)c2)c1. The summed E-state index contributed by atoms with van der Waals surface area (Å²) in [6.07, 6.45) is 0. The molecular formula is C19H23FN2O3S. The Balaban J connectivity index is 1.73. The summed E-state index contributed by atoms with van der Waals surface area (Å²) in [6.45, 7) is 2.56. The van der Waals surface area contributed by atoms with E-state index in [0.29, 0.717) is 18.8 Å². The number of piperazine rings is 1. The second-order valence-electron chi connectivity index (χ2n) is 6.31. The Kier molecular flexibility index (Phi) is 5.90. The maximum atomic E-state index is 13.6.